The Hall–Kier alpha value is -4.12. The number of carbonyl (C=O) groups is 2. The van der Waals surface area contributed by atoms with Crippen LogP contribution in [-0.4, -0.2) is 57.5 Å². The van der Waals surface area contributed by atoms with Crippen molar-refractivity contribution in [2.24, 2.45) is 0 Å². The van der Waals surface area contributed by atoms with E-state index >= 15 is 0 Å². The summed E-state index contributed by atoms with van der Waals surface area (Å²) in [4.78, 5) is 28.5. The van der Waals surface area contributed by atoms with Gasteiger partial charge in [-0.3, -0.25) is 13.9 Å². The Morgan fingerprint density at radius 1 is 0.951 bits per heavy atom. The van der Waals surface area contributed by atoms with Crippen molar-refractivity contribution >= 4 is 27.5 Å². The molecule has 0 bridgehead atoms. The zero-order chi connectivity index (χ0) is 29.4. The number of hydrogen-bond acceptors (Lipinski definition) is 6. The third-order valence-electron chi connectivity index (χ3n) is 6.63. The lowest BCUT2D eigenvalue weighted by Gasteiger charge is -2.33. The predicted octanol–water partition coefficient (Wildman–Crippen LogP) is 4.13. The Kier molecular flexibility index (Phi) is 9.82. The van der Waals surface area contributed by atoms with Gasteiger partial charge in [0.2, 0.25) is 11.8 Å². The molecule has 41 heavy (non-hydrogen) atoms. The average molecular weight is 584 g/mol. The maximum atomic E-state index is 14.1. The fraction of sp³-hybridized carbons (Fsp3) is 0.333. The molecule has 3 aromatic rings. The zero-order valence-corrected chi connectivity index (χ0v) is 23.9. The quantitative estimate of drug-likeness (QED) is 0.344. The maximum Gasteiger partial charge on any atom is 0.264 e. The summed E-state index contributed by atoms with van der Waals surface area (Å²) in [6.45, 7) is 4.19. The topological polar surface area (TPSA) is 105 Å². The number of halogens is 1. The lowest BCUT2D eigenvalue weighted by Crippen LogP contribution is -2.52. The van der Waals surface area contributed by atoms with Crippen molar-refractivity contribution in [2.75, 3.05) is 30.6 Å². The Labute approximate surface area is 239 Å². The van der Waals surface area contributed by atoms with Crippen molar-refractivity contribution in [3.8, 4) is 11.5 Å². The van der Waals surface area contributed by atoms with E-state index in [9.17, 15) is 22.4 Å². The summed E-state index contributed by atoms with van der Waals surface area (Å²) in [5, 5.41) is 2.83. The molecule has 1 atom stereocenters. The molecule has 1 aliphatic heterocycles. The first kappa shape index (κ1) is 29.9. The summed E-state index contributed by atoms with van der Waals surface area (Å²) in [7, 11) is -4.22. The van der Waals surface area contributed by atoms with Gasteiger partial charge in [-0.2, -0.15) is 0 Å². The molecule has 9 nitrogen and oxygen atoms in total. The minimum Gasteiger partial charge on any atom is -0.486 e. The van der Waals surface area contributed by atoms with Gasteiger partial charge in [0.05, 0.1) is 10.6 Å². The molecule has 1 heterocycles. The maximum absolute atomic E-state index is 14.1. The first-order valence-electron chi connectivity index (χ1n) is 13.5. The summed E-state index contributed by atoms with van der Waals surface area (Å²) in [5.41, 5.74) is 0.801. The van der Waals surface area contributed by atoms with Crippen molar-refractivity contribution in [1.29, 1.82) is 0 Å². The third-order valence-corrected chi connectivity index (χ3v) is 8.41. The third kappa shape index (κ3) is 7.15. The van der Waals surface area contributed by atoms with Crippen LogP contribution in [-0.2, 0) is 26.2 Å². The molecule has 0 unspecified atom stereocenters. The van der Waals surface area contributed by atoms with E-state index in [2.05, 4.69) is 5.32 Å². The Bertz CT molecular complexity index is 1450. The van der Waals surface area contributed by atoms with Crippen LogP contribution < -0.4 is 19.1 Å². The normalized spacial score (nSPS) is 13.2. The predicted molar refractivity (Wildman–Crippen MR) is 153 cm³/mol. The number of fused-ring (bicyclic) bond motifs is 1. The SMILES string of the molecule is CCCNC(=O)[C@@H](CC)N(Cc1ccc(F)cc1)C(=O)CN(c1ccc2c(c1)OCCO2)S(=O)(=O)c1ccccc1. The number of nitrogens with zero attached hydrogens (tertiary/aromatic N) is 2. The van der Waals surface area contributed by atoms with Crippen molar-refractivity contribution in [3.63, 3.8) is 0 Å². The van der Waals surface area contributed by atoms with Gasteiger partial charge >= 0.3 is 0 Å². The molecule has 2 amide bonds. The van der Waals surface area contributed by atoms with E-state index in [0.717, 1.165) is 4.31 Å². The number of carbonyl (C=O) groups excluding carboxylic acids is 2. The fourth-order valence-corrected chi connectivity index (χ4v) is 5.93. The van der Waals surface area contributed by atoms with Crippen LogP contribution in [0.15, 0.2) is 77.7 Å². The highest BCUT2D eigenvalue weighted by atomic mass is 32.2. The van der Waals surface area contributed by atoms with Crippen molar-refractivity contribution < 1.29 is 31.9 Å². The molecular formula is C30H34FN3O6S. The van der Waals surface area contributed by atoms with Crippen molar-refractivity contribution in [1.82, 2.24) is 10.2 Å². The zero-order valence-electron chi connectivity index (χ0n) is 23.1. The van der Waals surface area contributed by atoms with E-state index in [4.69, 9.17) is 9.47 Å². The summed E-state index contributed by atoms with van der Waals surface area (Å²) >= 11 is 0. The Balaban J connectivity index is 1.74. The number of anilines is 1. The number of amides is 2. The molecular weight excluding hydrogens is 549 g/mol. The van der Waals surface area contributed by atoms with E-state index in [1.807, 2.05) is 6.92 Å². The minimum absolute atomic E-state index is 0.000467. The van der Waals surface area contributed by atoms with Crippen LogP contribution >= 0.6 is 0 Å². The van der Waals surface area contributed by atoms with Crippen molar-refractivity contribution in [3.05, 3.63) is 84.2 Å². The molecule has 11 heteroatoms. The molecule has 0 saturated carbocycles. The summed E-state index contributed by atoms with van der Waals surface area (Å²) in [6.07, 6.45) is 0.999. The number of benzene rings is 3. The second-order valence-electron chi connectivity index (χ2n) is 9.52. The summed E-state index contributed by atoms with van der Waals surface area (Å²) in [5.74, 6) is -0.537. The number of rotatable bonds is 12. The van der Waals surface area contributed by atoms with E-state index in [1.165, 1.54) is 47.4 Å². The van der Waals surface area contributed by atoms with Crippen LogP contribution in [0.2, 0.25) is 0 Å². The van der Waals surface area contributed by atoms with Gasteiger partial charge in [-0.25, -0.2) is 12.8 Å². The molecule has 0 aliphatic carbocycles. The molecule has 1 N–H and O–H groups in total. The Morgan fingerprint density at radius 2 is 1.63 bits per heavy atom. The van der Waals surface area contributed by atoms with Gasteiger partial charge in [-0.1, -0.05) is 44.2 Å². The Morgan fingerprint density at radius 3 is 2.29 bits per heavy atom. The van der Waals surface area contributed by atoms with Gasteiger partial charge in [0, 0.05) is 19.2 Å². The van der Waals surface area contributed by atoms with Crippen LogP contribution in [0.5, 0.6) is 11.5 Å². The highest BCUT2D eigenvalue weighted by Gasteiger charge is 2.34. The number of hydrogen-bond donors (Lipinski definition) is 1. The van der Waals surface area contributed by atoms with Gasteiger partial charge in [0.25, 0.3) is 10.0 Å². The van der Waals surface area contributed by atoms with E-state index in [1.54, 1.807) is 37.3 Å². The smallest absolute Gasteiger partial charge is 0.264 e. The molecule has 4 rings (SSSR count). The van der Waals surface area contributed by atoms with Crippen LogP contribution in [0.4, 0.5) is 10.1 Å². The van der Waals surface area contributed by atoms with E-state index in [0.29, 0.717) is 43.2 Å². The van der Waals surface area contributed by atoms with Gasteiger partial charge in [0.1, 0.15) is 31.6 Å². The first-order valence-corrected chi connectivity index (χ1v) is 15.0. The summed E-state index contributed by atoms with van der Waals surface area (Å²) in [6, 6.07) is 17.2. The minimum atomic E-state index is -4.22. The highest BCUT2D eigenvalue weighted by Crippen LogP contribution is 2.36. The first-order chi connectivity index (χ1) is 19.7. The molecule has 3 aromatic carbocycles. The lowest BCUT2D eigenvalue weighted by atomic mass is 10.1. The molecule has 0 spiro atoms. The van der Waals surface area contributed by atoms with E-state index in [-0.39, 0.29) is 29.5 Å². The number of nitrogens with one attached hydrogen (secondary N) is 1. The second-order valence-corrected chi connectivity index (χ2v) is 11.4. The van der Waals surface area contributed by atoms with E-state index < -0.39 is 34.3 Å². The second kappa shape index (κ2) is 13.5. The van der Waals surface area contributed by atoms with Crippen LogP contribution in [0, 0.1) is 5.82 Å². The van der Waals surface area contributed by atoms with Gasteiger partial charge in [-0.15, -0.1) is 0 Å². The highest BCUT2D eigenvalue weighted by molar-refractivity contribution is 7.92. The monoisotopic (exact) mass is 583 g/mol. The molecule has 218 valence electrons. The van der Waals surface area contributed by atoms with Crippen molar-refractivity contribution in [2.45, 2.75) is 44.2 Å². The van der Waals surface area contributed by atoms with Crippen LogP contribution in [0.1, 0.15) is 32.3 Å². The van der Waals surface area contributed by atoms with Crippen LogP contribution in [0.25, 0.3) is 0 Å². The number of sulfonamides is 1. The fourth-order valence-electron chi connectivity index (χ4n) is 4.51. The molecule has 0 aromatic heterocycles. The lowest BCUT2D eigenvalue weighted by molar-refractivity contribution is -0.140. The van der Waals surface area contributed by atoms with Gasteiger partial charge < -0.3 is 19.7 Å². The summed E-state index contributed by atoms with van der Waals surface area (Å²) < 4.78 is 53.7. The van der Waals surface area contributed by atoms with Gasteiger partial charge in [0.15, 0.2) is 11.5 Å². The largest absolute Gasteiger partial charge is 0.486 e. The number of ether oxygens (including phenoxy) is 2. The standard InChI is InChI=1S/C30H34FN3O6S/c1-3-16-32-30(36)26(4-2)33(20-22-10-12-23(31)13-11-22)29(35)21-34(41(37,38)25-8-6-5-7-9-25)24-14-15-27-28(19-24)40-18-17-39-27/h5-15,19,26H,3-4,16-18,20-21H2,1-2H3,(H,32,36)/t26-/m1/s1. The van der Waals surface area contributed by atoms with Crippen LogP contribution in [0.3, 0.4) is 0 Å². The van der Waals surface area contributed by atoms with Gasteiger partial charge in [-0.05, 0) is 54.8 Å². The molecule has 1 aliphatic rings. The molecule has 0 saturated heterocycles. The molecule has 0 radical (unpaired) electrons. The average Bonchev–Trinajstić information content (AvgIpc) is 2.99. The molecule has 0 fully saturated rings.